The van der Waals surface area contributed by atoms with Crippen molar-refractivity contribution in [3.63, 3.8) is 0 Å². The molecule has 1 amide bonds. The average Bonchev–Trinajstić information content (AvgIpc) is 3.21. The fraction of sp³-hybridized carbons (Fsp3) is 0.400. The number of pyridine rings is 1. The molecule has 1 N–H and O–H groups in total. The first-order valence-corrected chi connectivity index (χ1v) is 13.0. The average molecular weight is 479 g/mol. The van der Waals surface area contributed by atoms with Crippen LogP contribution >= 0.6 is 24.0 Å². The van der Waals surface area contributed by atoms with Gasteiger partial charge in [-0.3, -0.25) is 18.9 Å². The van der Waals surface area contributed by atoms with E-state index in [0.717, 1.165) is 23.7 Å². The molecule has 4 rings (SSSR count). The molecule has 2 aliphatic rings. The molecule has 8 nitrogen and oxygen atoms in total. The number of carbonyl (C=O) groups is 1. The van der Waals surface area contributed by atoms with Crippen molar-refractivity contribution in [2.45, 2.75) is 32.7 Å². The van der Waals surface area contributed by atoms with Crippen molar-refractivity contribution in [3.8, 4) is 0 Å². The van der Waals surface area contributed by atoms with E-state index in [-0.39, 0.29) is 28.5 Å². The lowest BCUT2D eigenvalue weighted by Gasteiger charge is -2.20. The summed E-state index contributed by atoms with van der Waals surface area (Å²) in [5.74, 6) is 0.00560. The Morgan fingerprint density at radius 3 is 2.84 bits per heavy atom. The van der Waals surface area contributed by atoms with Gasteiger partial charge in [-0.05, 0) is 37.5 Å². The summed E-state index contributed by atoms with van der Waals surface area (Å²) in [5.41, 5.74) is 1.39. The summed E-state index contributed by atoms with van der Waals surface area (Å²) in [6.45, 7) is 4.51. The van der Waals surface area contributed by atoms with Crippen molar-refractivity contribution in [1.82, 2.24) is 14.3 Å². The second-order valence-corrected chi connectivity index (χ2v) is 11.5. The van der Waals surface area contributed by atoms with Gasteiger partial charge in [0.25, 0.3) is 11.5 Å². The minimum Gasteiger partial charge on any atom is -0.369 e. The summed E-state index contributed by atoms with van der Waals surface area (Å²) >= 11 is 6.45. The number of aromatic nitrogens is 2. The van der Waals surface area contributed by atoms with Crippen molar-refractivity contribution in [2.24, 2.45) is 0 Å². The number of thiocarbonyl (C=S) groups is 1. The number of fused-ring (bicyclic) bond motifs is 1. The zero-order valence-corrected chi connectivity index (χ0v) is 19.6. The predicted molar refractivity (Wildman–Crippen MR) is 127 cm³/mol. The Morgan fingerprint density at radius 1 is 1.39 bits per heavy atom. The van der Waals surface area contributed by atoms with Crippen LogP contribution in [0.2, 0.25) is 0 Å². The van der Waals surface area contributed by atoms with E-state index in [1.165, 1.54) is 15.4 Å². The standard InChI is InChI=1S/C20H22N4O4S3/c1-3-7-21-16-14(18(25)23-8-4-5-12(2)17(23)22-16)10-15-19(26)24(20(29)30-15)13-6-9-31(27,28)11-13/h4-5,8,10,13,21H,3,6-7,9,11H2,1-2H3. The lowest BCUT2D eigenvalue weighted by molar-refractivity contribution is -0.123. The lowest BCUT2D eigenvalue weighted by atomic mass is 10.2. The Hall–Kier alpha value is -2.24. The summed E-state index contributed by atoms with van der Waals surface area (Å²) in [7, 11) is -3.16. The number of hydrogen-bond acceptors (Lipinski definition) is 8. The Bertz CT molecular complexity index is 1280. The van der Waals surface area contributed by atoms with Crippen LogP contribution in [-0.4, -0.2) is 57.0 Å². The molecule has 1 unspecified atom stereocenters. The third-order valence-electron chi connectivity index (χ3n) is 5.30. The number of rotatable bonds is 5. The van der Waals surface area contributed by atoms with Gasteiger partial charge in [0.15, 0.2) is 9.84 Å². The third-order valence-corrected chi connectivity index (χ3v) is 8.38. The number of sulfone groups is 1. The fourth-order valence-corrected chi connectivity index (χ4v) is 6.81. The molecule has 2 fully saturated rings. The molecule has 0 radical (unpaired) electrons. The normalized spacial score (nSPS) is 22.1. The Balaban J connectivity index is 1.78. The topological polar surface area (TPSA) is 101 Å². The molecule has 2 aliphatic heterocycles. The van der Waals surface area contributed by atoms with Crippen LogP contribution in [-0.2, 0) is 14.6 Å². The first-order chi connectivity index (χ1) is 14.7. The first-order valence-electron chi connectivity index (χ1n) is 9.95. The smallest absolute Gasteiger partial charge is 0.267 e. The third kappa shape index (κ3) is 4.13. The number of hydrogen-bond donors (Lipinski definition) is 1. The fourth-order valence-electron chi connectivity index (χ4n) is 3.72. The van der Waals surface area contributed by atoms with E-state index < -0.39 is 15.9 Å². The lowest BCUT2D eigenvalue weighted by Crippen LogP contribution is -2.39. The van der Waals surface area contributed by atoms with Crippen LogP contribution in [0.1, 0.15) is 30.9 Å². The van der Waals surface area contributed by atoms with Crippen molar-refractivity contribution in [3.05, 3.63) is 44.7 Å². The molecule has 4 heterocycles. The highest BCUT2D eigenvalue weighted by Crippen LogP contribution is 2.36. The van der Waals surface area contributed by atoms with Crippen LogP contribution in [0.25, 0.3) is 11.7 Å². The maximum Gasteiger partial charge on any atom is 0.267 e. The highest BCUT2D eigenvalue weighted by Gasteiger charge is 2.42. The predicted octanol–water partition coefficient (Wildman–Crippen LogP) is 2.21. The number of thioether (sulfide) groups is 1. The Morgan fingerprint density at radius 2 is 2.16 bits per heavy atom. The molecule has 0 aliphatic carbocycles. The van der Waals surface area contributed by atoms with Gasteiger partial charge in [0, 0.05) is 12.7 Å². The van der Waals surface area contributed by atoms with Gasteiger partial charge in [-0.15, -0.1) is 0 Å². The van der Waals surface area contributed by atoms with Gasteiger partial charge in [-0.1, -0.05) is 37.0 Å². The molecule has 0 aromatic carbocycles. The van der Waals surface area contributed by atoms with Gasteiger partial charge >= 0.3 is 0 Å². The van der Waals surface area contributed by atoms with E-state index in [0.29, 0.717) is 33.7 Å². The molecule has 2 saturated heterocycles. The maximum absolute atomic E-state index is 13.3. The minimum absolute atomic E-state index is 0.0498. The van der Waals surface area contributed by atoms with Crippen molar-refractivity contribution in [1.29, 1.82) is 0 Å². The van der Waals surface area contributed by atoms with Crippen molar-refractivity contribution >= 4 is 61.6 Å². The minimum atomic E-state index is -3.16. The highest BCUT2D eigenvalue weighted by atomic mass is 32.2. The molecule has 31 heavy (non-hydrogen) atoms. The highest BCUT2D eigenvalue weighted by molar-refractivity contribution is 8.26. The summed E-state index contributed by atoms with van der Waals surface area (Å²) in [6, 6.07) is 3.19. The van der Waals surface area contributed by atoms with Crippen LogP contribution in [0.3, 0.4) is 0 Å². The zero-order chi connectivity index (χ0) is 22.3. The van der Waals surface area contributed by atoms with Gasteiger partial charge in [-0.25, -0.2) is 13.4 Å². The molecule has 1 atom stereocenters. The van der Waals surface area contributed by atoms with Crippen LogP contribution in [0.5, 0.6) is 0 Å². The molecule has 0 bridgehead atoms. The number of carbonyl (C=O) groups excluding carboxylic acids is 1. The van der Waals surface area contributed by atoms with E-state index in [2.05, 4.69) is 10.3 Å². The van der Waals surface area contributed by atoms with Gasteiger partial charge in [0.2, 0.25) is 0 Å². The number of anilines is 1. The van der Waals surface area contributed by atoms with Crippen molar-refractivity contribution in [2.75, 3.05) is 23.4 Å². The maximum atomic E-state index is 13.3. The van der Waals surface area contributed by atoms with Gasteiger partial charge in [-0.2, -0.15) is 0 Å². The van der Waals surface area contributed by atoms with E-state index in [1.807, 2.05) is 19.9 Å². The number of nitrogens with zero attached hydrogens (tertiary/aromatic N) is 3. The van der Waals surface area contributed by atoms with Gasteiger partial charge in [0.1, 0.15) is 15.8 Å². The number of nitrogens with one attached hydrogen (secondary N) is 1. The summed E-state index contributed by atoms with van der Waals surface area (Å²) in [6.07, 6.45) is 4.37. The summed E-state index contributed by atoms with van der Waals surface area (Å²) in [4.78, 5) is 32.6. The Labute approximate surface area is 189 Å². The van der Waals surface area contributed by atoms with E-state index in [4.69, 9.17) is 12.2 Å². The second-order valence-electron chi connectivity index (χ2n) is 7.60. The largest absolute Gasteiger partial charge is 0.369 e. The molecular weight excluding hydrogens is 456 g/mol. The van der Waals surface area contributed by atoms with Crippen LogP contribution in [0, 0.1) is 6.92 Å². The molecule has 2 aromatic rings. The number of aryl methyl sites for hydroxylation is 1. The monoisotopic (exact) mass is 478 g/mol. The van der Waals surface area contributed by atoms with E-state index in [1.54, 1.807) is 12.3 Å². The van der Waals surface area contributed by atoms with E-state index >= 15 is 0 Å². The van der Waals surface area contributed by atoms with Crippen molar-refractivity contribution < 1.29 is 13.2 Å². The first kappa shape index (κ1) is 22.0. The molecule has 11 heteroatoms. The molecule has 2 aromatic heterocycles. The Kier molecular flexibility index (Phi) is 5.93. The molecule has 0 spiro atoms. The van der Waals surface area contributed by atoms with E-state index in [9.17, 15) is 18.0 Å². The molecule has 0 saturated carbocycles. The van der Waals surface area contributed by atoms with Crippen LogP contribution in [0.15, 0.2) is 28.0 Å². The quantitative estimate of drug-likeness (QED) is 0.516. The van der Waals surface area contributed by atoms with Crippen LogP contribution in [0.4, 0.5) is 5.82 Å². The van der Waals surface area contributed by atoms with Gasteiger partial charge in [0.05, 0.1) is 28.0 Å². The SMILES string of the molecule is CCCNc1nc2c(C)cccn2c(=O)c1C=C1SC(=S)N(C2CCS(=O)(=O)C2)C1=O. The summed E-state index contributed by atoms with van der Waals surface area (Å²) in [5, 5.41) is 3.18. The van der Waals surface area contributed by atoms with Crippen LogP contribution < -0.4 is 10.9 Å². The zero-order valence-electron chi connectivity index (χ0n) is 17.1. The summed E-state index contributed by atoms with van der Waals surface area (Å²) < 4.78 is 25.5. The molecular formula is C20H22N4O4S3. The second kappa shape index (κ2) is 8.36. The number of amides is 1. The molecule has 164 valence electrons. The van der Waals surface area contributed by atoms with Gasteiger partial charge < -0.3 is 5.32 Å².